The summed E-state index contributed by atoms with van der Waals surface area (Å²) in [5.74, 6) is 1.88. The Morgan fingerprint density at radius 3 is 2.96 bits per heavy atom. The zero-order valence-electron chi connectivity index (χ0n) is 14.9. The average Bonchev–Trinajstić information content (AvgIpc) is 3.13. The van der Waals surface area contributed by atoms with E-state index in [2.05, 4.69) is 20.8 Å². The first-order valence-electron chi connectivity index (χ1n) is 8.87. The second-order valence-corrected chi connectivity index (χ2v) is 8.53. The van der Waals surface area contributed by atoms with Crippen molar-refractivity contribution in [3.63, 3.8) is 0 Å². The minimum absolute atomic E-state index is 0.0677. The lowest BCUT2D eigenvalue weighted by atomic mass is 9.89. The fourth-order valence-electron chi connectivity index (χ4n) is 2.97. The van der Waals surface area contributed by atoms with Gasteiger partial charge in [-0.25, -0.2) is 0 Å². The highest BCUT2D eigenvalue weighted by Crippen LogP contribution is 2.28. The Kier molecular flexibility index (Phi) is 7.13. The molecule has 0 spiro atoms. The molecule has 1 fully saturated rings. The first-order chi connectivity index (χ1) is 12.7. The summed E-state index contributed by atoms with van der Waals surface area (Å²) in [5, 5.41) is 15.2. The number of nitrogens with one attached hydrogen (secondary N) is 2. The van der Waals surface area contributed by atoms with Gasteiger partial charge in [-0.15, -0.1) is 10.2 Å². The van der Waals surface area contributed by atoms with Crippen LogP contribution in [-0.4, -0.2) is 35.5 Å². The smallest absolute Gasteiger partial charge is 0.230 e. The minimum Gasteiger partial charge on any atom is -0.497 e. The molecular formula is C18H24N4O2S2. The highest BCUT2D eigenvalue weighted by molar-refractivity contribution is 8.01. The maximum absolute atomic E-state index is 12.0. The molecule has 2 N–H and O–H groups in total. The molecule has 0 saturated heterocycles. The summed E-state index contributed by atoms with van der Waals surface area (Å²) in [6.07, 6.45) is 6.40. The molecule has 3 rings (SSSR count). The number of aromatic nitrogens is 2. The van der Waals surface area contributed by atoms with Crippen LogP contribution in [0.5, 0.6) is 5.75 Å². The van der Waals surface area contributed by atoms with Gasteiger partial charge in [0, 0.05) is 18.3 Å². The molecule has 26 heavy (non-hydrogen) atoms. The molecule has 0 atom stereocenters. The van der Waals surface area contributed by atoms with Crippen LogP contribution < -0.4 is 15.4 Å². The molecule has 1 amide bonds. The molecule has 0 aliphatic heterocycles. The van der Waals surface area contributed by atoms with E-state index in [0.717, 1.165) is 22.3 Å². The molecular weight excluding hydrogens is 368 g/mol. The Morgan fingerprint density at radius 1 is 1.31 bits per heavy atom. The number of ether oxygens (including phenoxy) is 1. The number of methoxy groups -OCH3 is 1. The summed E-state index contributed by atoms with van der Waals surface area (Å²) >= 11 is 2.86. The first-order valence-corrected chi connectivity index (χ1v) is 10.7. The molecule has 0 radical (unpaired) electrons. The van der Waals surface area contributed by atoms with Gasteiger partial charge in [0.1, 0.15) is 5.75 Å². The van der Waals surface area contributed by atoms with Crippen molar-refractivity contribution < 1.29 is 9.53 Å². The summed E-state index contributed by atoms with van der Waals surface area (Å²) in [6, 6.07) is 7.63. The highest BCUT2D eigenvalue weighted by atomic mass is 32.2. The topological polar surface area (TPSA) is 76.1 Å². The van der Waals surface area contributed by atoms with Gasteiger partial charge in [0.05, 0.1) is 12.9 Å². The molecule has 1 saturated carbocycles. The molecule has 0 bridgehead atoms. The normalized spacial score (nSPS) is 14.8. The predicted molar refractivity (Wildman–Crippen MR) is 106 cm³/mol. The van der Waals surface area contributed by atoms with Crippen LogP contribution in [0.2, 0.25) is 0 Å². The molecule has 1 aliphatic carbocycles. The van der Waals surface area contributed by atoms with Crippen molar-refractivity contribution in [3.8, 4) is 5.75 Å². The zero-order chi connectivity index (χ0) is 18.2. The summed E-state index contributed by atoms with van der Waals surface area (Å²) in [6.45, 7) is 0.804. The van der Waals surface area contributed by atoms with Gasteiger partial charge in [-0.3, -0.25) is 4.79 Å². The van der Waals surface area contributed by atoms with Crippen LogP contribution in [0.15, 0.2) is 28.6 Å². The summed E-state index contributed by atoms with van der Waals surface area (Å²) in [7, 11) is 1.64. The van der Waals surface area contributed by atoms with Crippen LogP contribution in [0.1, 0.15) is 32.1 Å². The lowest BCUT2D eigenvalue weighted by Gasteiger charge is -2.21. The molecule has 140 valence electrons. The molecule has 1 aromatic carbocycles. The van der Waals surface area contributed by atoms with Crippen molar-refractivity contribution >= 4 is 39.8 Å². The fraction of sp³-hybridized carbons (Fsp3) is 0.500. The SMILES string of the molecule is COc1cccc(Nc2nnc(SCC(=O)NCC3CCCCC3)s2)c1. The third kappa shape index (κ3) is 5.88. The van der Waals surface area contributed by atoms with Gasteiger partial charge < -0.3 is 15.4 Å². The number of hydrogen-bond donors (Lipinski definition) is 2. The lowest BCUT2D eigenvalue weighted by molar-refractivity contribution is -0.118. The lowest BCUT2D eigenvalue weighted by Crippen LogP contribution is -2.31. The van der Waals surface area contributed by atoms with Gasteiger partial charge >= 0.3 is 0 Å². The zero-order valence-corrected chi connectivity index (χ0v) is 16.5. The number of carbonyl (C=O) groups is 1. The monoisotopic (exact) mass is 392 g/mol. The average molecular weight is 393 g/mol. The third-order valence-electron chi connectivity index (χ3n) is 4.37. The molecule has 0 unspecified atom stereocenters. The van der Waals surface area contributed by atoms with Crippen LogP contribution in [0.4, 0.5) is 10.8 Å². The van der Waals surface area contributed by atoms with E-state index in [0.29, 0.717) is 16.8 Å². The summed E-state index contributed by atoms with van der Waals surface area (Å²) in [5.41, 5.74) is 0.891. The molecule has 1 aromatic heterocycles. The third-order valence-corrected chi connectivity index (χ3v) is 6.34. The number of rotatable bonds is 8. The summed E-state index contributed by atoms with van der Waals surface area (Å²) < 4.78 is 5.99. The van der Waals surface area contributed by atoms with Gasteiger partial charge in [0.25, 0.3) is 0 Å². The van der Waals surface area contributed by atoms with Crippen molar-refractivity contribution in [2.45, 2.75) is 36.4 Å². The Labute approximate surface area is 162 Å². The second kappa shape index (κ2) is 9.78. The minimum atomic E-state index is 0.0677. The number of anilines is 2. The van der Waals surface area contributed by atoms with Gasteiger partial charge in [0.2, 0.25) is 11.0 Å². The van der Waals surface area contributed by atoms with Crippen LogP contribution >= 0.6 is 23.1 Å². The molecule has 1 aliphatic rings. The Morgan fingerprint density at radius 2 is 2.15 bits per heavy atom. The maximum Gasteiger partial charge on any atom is 0.230 e. The molecule has 6 nitrogen and oxygen atoms in total. The maximum atomic E-state index is 12.0. The van der Waals surface area contributed by atoms with Crippen LogP contribution in [-0.2, 0) is 4.79 Å². The van der Waals surface area contributed by atoms with E-state index < -0.39 is 0 Å². The highest BCUT2D eigenvalue weighted by Gasteiger charge is 2.15. The van der Waals surface area contributed by atoms with E-state index in [1.807, 2.05) is 24.3 Å². The van der Waals surface area contributed by atoms with Gasteiger partial charge in [-0.05, 0) is 30.9 Å². The van der Waals surface area contributed by atoms with E-state index in [-0.39, 0.29) is 5.91 Å². The Bertz CT molecular complexity index is 717. The van der Waals surface area contributed by atoms with Crippen molar-refractivity contribution in [1.29, 1.82) is 0 Å². The number of benzene rings is 1. The summed E-state index contributed by atoms with van der Waals surface area (Å²) in [4.78, 5) is 12.0. The number of nitrogens with zero attached hydrogens (tertiary/aromatic N) is 2. The van der Waals surface area contributed by atoms with E-state index in [1.54, 1.807) is 7.11 Å². The van der Waals surface area contributed by atoms with Crippen molar-refractivity contribution in [3.05, 3.63) is 24.3 Å². The Hall–Kier alpha value is -1.80. The van der Waals surface area contributed by atoms with Gasteiger partial charge in [-0.1, -0.05) is 48.4 Å². The molecule has 2 aromatic rings. The van der Waals surface area contributed by atoms with Crippen molar-refractivity contribution in [1.82, 2.24) is 15.5 Å². The standard InChI is InChI=1S/C18H24N4O2S2/c1-24-15-9-5-8-14(10-15)20-17-21-22-18(26-17)25-12-16(23)19-11-13-6-3-2-4-7-13/h5,8-10,13H,2-4,6-7,11-12H2,1H3,(H,19,23)(H,20,21). The predicted octanol–water partition coefficient (Wildman–Crippen LogP) is 4.08. The largest absolute Gasteiger partial charge is 0.497 e. The second-order valence-electron chi connectivity index (χ2n) is 6.33. The number of carbonyl (C=O) groups excluding carboxylic acids is 1. The van der Waals surface area contributed by atoms with Gasteiger partial charge in [-0.2, -0.15) is 0 Å². The fourth-order valence-corrected chi connectivity index (χ4v) is 4.57. The van der Waals surface area contributed by atoms with E-state index in [1.165, 1.54) is 55.2 Å². The van der Waals surface area contributed by atoms with E-state index >= 15 is 0 Å². The van der Waals surface area contributed by atoms with Gasteiger partial charge in [0.15, 0.2) is 4.34 Å². The first kappa shape index (κ1) is 19.0. The quantitative estimate of drug-likeness (QED) is 0.659. The number of hydrogen-bond acceptors (Lipinski definition) is 7. The van der Waals surface area contributed by atoms with Crippen LogP contribution in [0.3, 0.4) is 0 Å². The van der Waals surface area contributed by atoms with Crippen molar-refractivity contribution in [2.24, 2.45) is 5.92 Å². The van der Waals surface area contributed by atoms with E-state index in [4.69, 9.17) is 4.74 Å². The Balaban J connectivity index is 1.42. The van der Waals surface area contributed by atoms with E-state index in [9.17, 15) is 4.79 Å². The molecule has 1 heterocycles. The number of amides is 1. The van der Waals surface area contributed by atoms with Crippen molar-refractivity contribution in [2.75, 3.05) is 24.7 Å². The van der Waals surface area contributed by atoms with Crippen LogP contribution in [0, 0.1) is 5.92 Å². The van der Waals surface area contributed by atoms with Crippen LogP contribution in [0.25, 0.3) is 0 Å². The number of thioether (sulfide) groups is 1. The molecule has 8 heteroatoms.